The molecule has 1 atom stereocenters. The fourth-order valence-electron chi connectivity index (χ4n) is 2.68. The van der Waals surface area contributed by atoms with Gasteiger partial charge in [0.25, 0.3) is 0 Å². The number of hydrogen-bond donors (Lipinski definition) is 2. The van der Waals surface area contributed by atoms with Crippen LogP contribution in [0.4, 0.5) is 5.69 Å². The van der Waals surface area contributed by atoms with Crippen LogP contribution in [0.15, 0.2) is 54.6 Å². The number of nitrogens with one attached hydrogen (secondary N) is 2. The maximum Gasteiger partial charge on any atom is 0.239 e. The normalized spacial score (nSPS) is 16.4. The molecule has 1 unspecified atom stereocenters. The second-order valence-electron chi connectivity index (χ2n) is 6.09. The van der Waals surface area contributed by atoms with E-state index in [1.165, 1.54) is 0 Å². The molecule has 2 N–H and O–H groups in total. The predicted molar refractivity (Wildman–Crippen MR) is 97.7 cm³/mol. The molecular formula is C20H24N2O3. The van der Waals surface area contributed by atoms with Crippen molar-refractivity contribution in [3.8, 4) is 5.75 Å². The first-order valence-corrected chi connectivity index (χ1v) is 8.68. The van der Waals surface area contributed by atoms with Crippen molar-refractivity contribution in [1.82, 2.24) is 5.32 Å². The molecule has 1 amide bonds. The van der Waals surface area contributed by atoms with Crippen molar-refractivity contribution in [2.45, 2.75) is 25.5 Å². The lowest BCUT2D eigenvalue weighted by atomic mass is 10.2. The molecule has 0 radical (unpaired) electrons. The van der Waals surface area contributed by atoms with Gasteiger partial charge in [-0.25, -0.2) is 0 Å². The third kappa shape index (κ3) is 5.80. The van der Waals surface area contributed by atoms with E-state index in [4.69, 9.17) is 9.47 Å². The van der Waals surface area contributed by atoms with Crippen molar-refractivity contribution < 1.29 is 14.3 Å². The molecule has 0 aromatic heterocycles. The fraction of sp³-hybridized carbons (Fsp3) is 0.350. The van der Waals surface area contributed by atoms with Crippen LogP contribution in [0.3, 0.4) is 0 Å². The van der Waals surface area contributed by atoms with E-state index >= 15 is 0 Å². The lowest BCUT2D eigenvalue weighted by molar-refractivity contribution is -0.119. The van der Waals surface area contributed by atoms with Gasteiger partial charge in [-0.15, -0.1) is 0 Å². The first kappa shape index (κ1) is 17.3. The second kappa shape index (κ2) is 9.08. The minimum Gasteiger partial charge on any atom is -0.491 e. The van der Waals surface area contributed by atoms with Gasteiger partial charge in [-0.2, -0.15) is 0 Å². The highest BCUT2D eigenvalue weighted by molar-refractivity contribution is 5.80. The zero-order valence-corrected chi connectivity index (χ0v) is 14.2. The molecule has 1 fully saturated rings. The molecule has 0 aliphatic carbocycles. The van der Waals surface area contributed by atoms with Crippen LogP contribution in [0, 0.1) is 0 Å². The molecule has 132 valence electrons. The van der Waals surface area contributed by atoms with Crippen molar-refractivity contribution in [1.29, 1.82) is 0 Å². The lowest BCUT2D eigenvalue weighted by Gasteiger charge is -2.12. The highest BCUT2D eigenvalue weighted by Crippen LogP contribution is 2.18. The topological polar surface area (TPSA) is 59.6 Å². The number of rotatable bonds is 8. The average Bonchev–Trinajstić information content (AvgIpc) is 3.18. The Morgan fingerprint density at radius 3 is 2.64 bits per heavy atom. The van der Waals surface area contributed by atoms with Gasteiger partial charge in [0.2, 0.25) is 5.91 Å². The first-order valence-electron chi connectivity index (χ1n) is 8.68. The fourth-order valence-corrected chi connectivity index (χ4v) is 2.68. The summed E-state index contributed by atoms with van der Waals surface area (Å²) in [4.78, 5) is 11.9. The summed E-state index contributed by atoms with van der Waals surface area (Å²) in [7, 11) is 0. The van der Waals surface area contributed by atoms with Crippen LogP contribution >= 0.6 is 0 Å². The third-order valence-corrected chi connectivity index (χ3v) is 4.10. The molecule has 0 saturated carbocycles. The van der Waals surface area contributed by atoms with Crippen LogP contribution in [0.5, 0.6) is 5.75 Å². The van der Waals surface area contributed by atoms with Crippen LogP contribution in [0.1, 0.15) is 18.4 Å². The van der Waals surface area contributed by atoms with Gasteiger partial charge < -0.3 is 20.1 Å². The smallest absolute Gasteiger partial charge is 0.239 e. The average molecular weight is 340 g/mol. The molecule has 0 spiro atoms. The van der Waals surface area contributed by atoms with Crippen LogP contribution in [-0.2, 0) is 16.1 Å². The highest BCUT2D eigenvalue weighted by Gasteiger charge is 2.15. The third-order valence-electron chi connectivity index (χ3n) is 4.10. The summed E-state index contributed by atoms with van der Waals surface area (Å²) in [5, 5.41) is 6.00. The Morgan fingerprint density at radius 2 is 1.92 bits per heavy atom. The molecule has 1 aliphatic heterocycles. The van der Waals surface area contributed by atoms with Crippen molar-refractivity contribution >= 4 is 11.6 Å². The molecule has 3 rings (SSSR count). The molecule has 1 aliphatic rings. The highest BCUT2D eigenvalue weighted by atomic mass is 16.5. The van der Waals surface area contributed by atoms with Gasteiger partial charge >= 0.3 is 0 Å². The molecular weight excluding hydrogens is 316 g/mol. The summed E-state index contributed by atoms with van der Waals surface area (Å²) in [5.74, 6) is 0.775. The van der Waals surface area contributed by atoms with E-state index < -0.39 is 0 Å². The van der Waals surface area contributed by atoms with E-state index in [9.17, 15) is 4.79 Å². The van der Waals surface area contributed by atoms with E-state index in [1.807, 2.05) is 54.6 Å². The standard InChI is InChI=1S/C20H24N2O3/c23-20(22-13-16-5-2-1-3-6-16)14-21-17-8-10-18(11-9-17)25-15-19-7-4-12-24-19/h1-3,5-6,8-11,19,21H,4,7,12-15H2,(H,22,23). The Bertz CT molecular complexity index is 652. The Hall–Kier alpha value is -2.53. The summed E-state index contributed by atoms with van der Waals surface area (Å²) in [5.41, 5.74) is 1.97. The van der Waals surface area contributed by atoms with E-state index in [0.717, 1.165) is 36.4 Å². The zero-order chi connectivity index (χ0) is 17.3. The van der Waals surface area contributed by atoms with Gasteiger partial charge in [0, 0.05) is 18.8 Å². The monoisotopic (exact) mass is 340 g/mol. The molecule has 0 bridgehead atoms. The van der Waals surface area contributed by atoms with Crippen LogP contribution in [-0.4, -0.2) is 31.8 Å². The SMILES string of the molecule is O=C(CNc1ccc(OCC2CCCO2)cc1)NCc1ccccc1. The lowest BCUT2D eigenvalue weighted by Crippen LogP contribution is -2.29. The number of benzene rings is 2. The Labute approximate surface area is 148 Å². The van der Waals surface area contributed by atoms with Crippen LogP contribution in [0.2, 0.25) is 0 Å². The number of carbonyl (C=O) groups excluding carboxylic acids is 1. The van der Waals surface area contributed by atoms with Crippen molar-refractivity contribution in [3.63, 3.8) is 0 Å². The molecule has 2 aromatic carbocycles. The van der Waals surface area contributed by atoms with E-state index in [-0.39, 0.29) is 18.6 Å². The quantitative estimate of drug-likeness (QED) is 0.776. The second-order valence-corrected chi connectivity index (χ2v) is 6.09. The van der Waals surface area contributed by atoms with Gasteiger partial charge in [0.05, 0.1) is 12.6 Å². The minimum atomic E-state index is -0.0393. The summed E-state index contributed by atoms with van der Waals surface area (Å²) in [6, 6.07) is 17.5. The largest absolute Gasteiger partial charge is 0.491 e. The Balaban J connectivity index is 1.36. The summed E-state index contributed by atoms with van der Waals surface area (Å²) in [6.45, 7) is 2.21. The van der Waals surface area contributed by atoms with Gasteiger partial charge in [0.15, 0.2) is 0 Å². The zero-order valence-electron chi connectivity index (χ0n) is 14.2. The Morgan fingerprint density at radius 1 is 1.12 bits per heavy atom. The summed E-state index contributed by atoms with van der Waals surface area (Å²) < 4.78 is 11.3. The Kier molecular flexibility index (Phi) is 6.29. The maximum absolute atomic E-state index is 11.9. The predicted octanol–water partition coefficient (Wildman–Crippen LogP) is 2.97. The van der Waals surface area contributed by atoms with Crippen molar-refractivity contribution in [3.05, 3.63) is 60.2 Å². The number of hydrogen-bond acceptors (Lipinski definition) is 4. The first-order chi connectivity index (χ1) is 12.3. The number of ether oxygens (including phenoxy) is 2. The van der Waals surface area contributed by atoms with Crippen molar-refractivity contribution in [2.24, 2.45) is 0 Å². The van der Waals surface area contributed by atoms with E-state index in [1.54, 1.807) is 0 Å². The van der Waals surface area contributed by atoms with Gasteiger partial charge in [-0.05, 0) is 42.7 Å². The molecule has 2 aromatic rings. The minimum absolute atomic E-state index is 0.0393. The summed E-state index contributed by atoms with van der Waals surface area (Å²) in [6.07, 6.45) is 2.40. The van der Waals surface area contributed by atoms with Crippen molar-refractivity contribution in [2.75, 3.05) is 25.1 Å². The number of carbonyl (C=O) groups is 1. The van der Waals surface area contributed by atoms with E-state index in [0.29, 0.717) is 13.2 Å². The number of amides is 1. The molecule has 25 heavy (non-hydrogen) atoms. The molecule has 5 heteroatoms. The molecule has 1 heterocycles. The molecule has 5 nitrogen and oxygen atoms in total. The van der Waals surface area contributed by atoms with Gasteiger partial charge in [-0.3, -0.25) is 4.79 Å². The maximum atomic E-state index is 11.9. The van der Waals surface area contributed by atoms with Gasteiger partial charge in [0.1, 0.15) is 12.4 Å². The summed E-state index contributed by atoms with van der Waals surface area (Å²) >= 11 is 0. The van der Waals surface area contributed by atoms with Gasteiger partial charge in [-0.1, -0.05) is 30.3 Å². The van der Waals surface area contributed by atoms with Crippen LogP contribution in [0.25, 0.3) is 0 Å². The van der Waals surface area contributed by atoms with E-state index in [2.05, 4.69) is 10.6 Å². The number of anilines is 1. The molecule has 1 saturated heterocycles. The van der Waals surface area contributed by atoms with Crippen LogP contribution < -0.4 is 15.4 Å².